The van der Waals surface area contributed by atoms with Crippen molar-refractivity contribution in [2.75, 3.05) is 11.1 Å². The number of hydrogen-bond acceptors (Lipinski definition) is 7. The van der Waals surface area contributed by atoms with Crippen LogP contribution in [0.1, 0.15) is 29.8 Å². The number of nitrogens with zero attached hydrogens (tertiary/aromatic N) is 3. The van der Waals surface area contributed by atoms with Gasteiger partial charge in [-0.05, 0) is 49.9 Å². The van der Waals surface area contributed by atoms with Crippen LogP contribution in [0.15, 0.2) is 33.9 Å². The maximum Gasteiger partial charge on any atom is 0.277 e. The van der Waals surface area contributed by atoms with Crippen molar-refractivity contribution in [2.45, 2.75) is 37.3 Å². The molecule has 1 N–H and O–H groups in total. The molecule has 0 atom stereocenters. The molecule has 0 saturated heterocycles. The molecule has 2 aromatic heterocycles. The van der Waals surface area contributed by atoms with E-state index in [1.54, 1.807) is 23.5 Å². The average Bonchev–Trinajstić information content (AvgIpc) is 3.22. The van der Waals surface area contributed by atoms with Crippen molar-refractivity contribution in [3.8, 4) is 11.5 Å². The molecule has 0 radical (unpaired) electrons. The fourth-order valence-electron chi connectivity index (χ4n) is 2.84. The van der Waals surface area contributed by atoms with E-state index in [4.69, 9.17) is 16.0 Å². The Morgan fingerprint density at radius 3 is 2.85 bits per heavy atom. The second-order valence-electron chi connectivity index (χ2n) is 6.17. The third kappa shape index (κ3) is 4.69. The van der Waals surface area contributed by atoms with Gasteiger partial charge in [0.1, 0.15) is 0 Å². The van der Waals surface area contributed by atoms with Crippen molar-refractivity contribution in [1.82, 2.24) is 15.2 Å². The molecule has 0 spiro atoms. The molecular formula is C18H17ClN4O2S2. The molecule has 2 heterocycles. The number of halogens is 1. The third-order valence-corrected chi connectivity index (χ3v) is 6.31. The summed E-state index contributed by atoms with van der Waals surface area (Å²) in [5.41, 5.74) is 1.93. The maximum absolute atomic E-state index is 12.2. The van der Waals surface area contributed by atoms with E-state index in [1.807, 2.05) is 12.1 Å². The van der Waals surface area contributed by atoms with Gasteiger partial charge in [0.2, 0.25) is 11.8 Å². The molecule has 0 aliphatic heterocycles. The van der Waals surface area contributed by atoms with Gasteiger partial charge in [-0.25, -0.2) is 4.98 Å². The minimum absolute atomic E-state index is 0.129. The van der Waals surface area contributed by atoms with E-state index in [2.05, 4.69) is 20.5 Å². The fraction of sp³-hybridized carbons (Fsp3) is 0.333. The smallest absolute Gasteiger partial charge is 0.277 e. The third-order valence-electron chi connectivity index (χ3n) is 4.17. The molecule has 6 nitrogen and oxygen atoms in total. The highest BCUT2D eigenvalue weighted by Crippen LogP contribution is 2.29. The van der Waals surface area contributed by atoms with Crippen LogP contribution in [0, 0.1) is 0 Å². The normalized spacial score (nSPS) is 13.8. The Hall–Kier alpha value is -1.90. The van der Waals surface area contributed by atoms with E-state index in [1.165, 1.54) is 35.9 Å². The number of carbonyl (C=O) groups excluding carboxylic acids is 1. The maximum atomic E-state index is 12.2. The van der Waals surface area contributed by atoms with Crippen molar-refractivity contribution < 1.29 is 9.21 Å². The first-order valence-corrected chi connectivity index (χ1v) is 10.9. The minimum Gasteiger partial charge on any atom is -0.411 e. The molecule has 0 saturated carbocycles. The van der Waals surface area contributed by atoms with Crippen molar-refractivity contribution in [3.63, 3.8) is 0 Å². The molecule has 0 unspecified atom stereocenters. The highest BCUT2D eigenvalue weighted by molar-refractivity contribution is 7.99. The van der Waals surface area contributed by atoms with E-state index in [9.17, 15) is 4.79 Å². The first kappa shape index (κ1) is 18.5. The van der Waals surface area contributed by atoms with Crippen LogP contribution < -0.4 is 5.32 Å². The quantitative estimate of drug-likeness (QED) is 0.469. The number of benzene rings is 1. The van der Waals surface area contributed by atoms with Gasteiger partial charge >= 0.3 is 0 Å². The van der Waals surface area contributed by atoms with Crippen LogP contribution in [0.4, 0.5) is 5.13 Å². The van der Waals surface area contributed by atoms with Gasteiger partial charge in [0.15, 0.2) is 5.13 Å². The van der Waals surface area contributed by atoms with Gasteiger partial charge in [-0.15, -0.1) is 21.5 Å². The molecule has 3 aromatic rings. The number of nitrogens with one attached hydrogen (secondary N) is 1. The second kappa shape index (κ2) is 8.41. The molecule has 9 heteroatoms. The first-order valence-electron chi connectivity index (χ1n) is 8.68. The van der Waals surface area contributed by atoms with Crippen LogP contribution in [0.2, 0.25) is 5.02 Å². The Morgan fingerprint density at radius 2 is 2.00 bits per heavy atom. The number of thiazole rings is 1. The van der Waals surface area contributed by atoms with Crippen molar-refractivity contribution in [3.05, 3.63) is 39.9 Å². The van der Waals surface area contributed by atoms with Crippen LogP contribution in [-0.4, -0.2) is 26.8 Å². The molecular weight excluding hydrogens is 404 g/mol. The van der Waals surface area contributed by atoms with Crippen LogP contribution >= 0.6 is 34.7 Å². The summed E-state index contributed by atoms with van der Waals surface area (Å²) >= 11 is 8.67. The Kier molecular flexibility index (Phi) is 5.75. The van der Waals surface area contributed by atoms with Gasteiger partial charge < -0.3 is 9.73 Å². The molecule has 0 bridgehead atoms. The molecule has 1 aliphatic carbocycles. The number of fused-ring (bicyclic) bond motifs is 1. The molecule has 27 heavy (non-hydrogen) atoms. The van der Waals surface area contributed by atoms with E-state index >= 15 is 0 Å². The average molecular weight is 421 g/mol. The van der Waals surface area contributed by atoms with Crippen LogP contribution in [-0.2, 0) is 17.6 Å². The number of thioether (sulfide) groups is 1. The summed E-state index contributed by atoms with van der Waals surface area (Å²) in [7, 11) is 0. The lowest BCUT2D eigenvalue weighted by Crippen LogP contribution is -2.13. The lowest BCUT2D eigenvalue weighted by atomic mass is 10.2. The second-order valence-corrected chi connectivity index (χ2v) is 8.61. The highest BCUT2D eigenvalue weighted by atomic mass is 35.5. The monoisotopic (exact) mass is 420 g/mol. The summed E-state index contributed by atoms with van der Waals surface area (Å²) in [6.45, 7) is 0. The number of rotatable bonds is 5. The summed E-state index contributed by atoms with van der Waals surface area (Å²) in [4.78, 5) is 18.1. The largest absolute Gasteiger partial charge is 0.411 e. The van der Waals surface area contributed by atoms with E-state index in [-0.39, 0.29) is 11.7 Å². The number of aryl methyl sites for hydroxylation is 2. The number of amides is 1. The number of carbonyl (C=O) groups is 1. The predicted molar refractivity (Wildman–Crippen MR) is 107 cm³/mol. The zero-order valence-corrected chi connectivity index (χ0v) is 16.8. The molecule has 4 rings (SSSR count). The standard InChI is InChI=1S/C18H17ClN4O2S2/c19-12-8-6-11(7-9-12)16-22-23-18(25-16)26-10-15(24)21-17-20-13-4-2-1-3-5-14(13)27-17/h6-9H,1-5,10H2,(H,20,21,24). The zero-order chi connectivity index (χ0) is 18.6. The topological polar surface area (TPSA) is 80.9 Å². The lowest BCUT2D eigenvalue weighted by Gasteiger charge is -1.99. The molecule has 1 aromatic carbocycles. The predicted octanol–water partition coefficient (Wildman–Crippen LogP) is 4.85. The first-order chi connectivity index (χ1) is 13.2. The Balaban J connectivity index is 1.32. The van der Waals surface area contributed by atoms with E-state index < -0.39 is 0 Å². The zero-order valence-electron chi connectivity index (χ0n) is 14.4. The number of aromatic nitrogens is 3. The van der Waals surface area contributed by atoms with Gasteiger partial charge in [0.25, 0.3) is 5.22 Å². The van der Waals surface area contributed by atoms with Crippen LogP contribution in [0.25, 0.3) is 11.5 Å². The summed E-state index contributed by atoms with van der Waals surface area (Å²) in [5.74, 6) is 0.459. The van der Waals surface area contributed by atoms with Crippen LogP contribution in [0.5, 0.6) is 0 Å². The summed E-state index contributed by atoms with van der Waals surface area (Å²) in [5, 5.41) is 12.5. The summed E-state index contributed by atoms with van der Waals surface area (Å²) < 4.78 is 5.59. The van der Waals surface area contributed by atoms with Gasteiger partial charge in [-0.2, -0.15) is 0 Å². The van der Waals surface area contributed by atoms with Crippen molar-refractivity contribution in [1.29, 1.82) is 0 Å². The Bertz CT molecular complexity index is 916. The van der Waals surface area contributed by atoms with Gasteiger partial charge in [0.05, 0.1) is 11.4 Å². The SMILES string of the molecule is O=C(CSc1nnc(-c2ccc(Cl)cc2)o1)Nc1nc2c(s1)CCCCC2. The van der Waals surface area contributed by atoms with E-state index in [0.29, 0.717) is 21.3 Å². The number of hydrogen-bond donors (Lipinski definition) is 1. The Morgan fingerprint density at radius 1 is 1.19 bits per heavy atom. The lowest BCUT2D eigenvalue weighted by molar-refractivity contribution is -0.113. The fourth-order valence-corrected chi connectivity index (χ4v) is 4.60. The van der Waals surface area contributed by atoms with Crippen molar-refractivity contribution >= 4 is 45.7 Å². The Labute approximate surface area is 169 Å². The summed E-state index contributed by atoms with van der Waals surface area (Å²) in [6, 6.07) is 7.14. The molecule has 0 fully saturated rings. The van der Waals surface area contributed by atoms with Gasteiger partial charge in [0, 0.05) is 15.5 Å². The summed E-state index contributed by atoms with van der Waals surface area (Å²) in [6.07, 6.45) is 5.70. The minimum atomic E-state index is -0.129. The molecule has 140 valence electrons. The highest BCUT2D eigenvalue weighted by Gasteiger charge is 2.16. The van der Waals surface area contributed by atoms with E-state index in [0.717, 1.165) is 24.1 Å². The molecule has 1 amide bonds. The van der Waals surface area contributed by atoms with Gasteiger partial charge in [-0.1, -0.05) is 29.8 Å². The molecule has 1 aliphatic rings. The van der Waals surface area contributed by atoms with Gasteiger partial charge in [-0.3, -0.25) is 4.79 Å². The van der Waals surface area contributed by atoms with Crippen molar-refractivity contribution in [2.24, 2.45) is 0 Å². The van der Waals surface area contributed by atoms with Crippen LogP contribution in [0.3, 0.4) is 0 Å². The number of anilines is 1.